The lowest BCUT2D eigenvalue weighted by molar-refractivity contribution is -0.118. The quantitative estimate of drug-likeness (QED) is 0.528. The number of nitrogens with one attached hydrogen (secondary N) is 1. The van der Waals surface area contributed by atoms with E-state index in [2.05, 4.69) is 37.4 Å². The van der Waals surface area contributed by atoms with Crippen LogP contribution in [0.4, 0.5) is 10.1 Å². The molecule has 0 bridgehead atoms. The minimum absolute atomic E-state index is 0.0570. The highest BCUT2D eigenvalue weighted by molar-refractivity contribution is 6.12. The lowest BCUT2D eigenvalue weighted by atomic mass is 9.68. The monoisotopic (exact) mass is 431 g/mol. The number of methoxy groups -OCH3 is 2. The summed E-state index contributed by atoms with van der Waals surface area (Å²) in [5, 5.41) is 5.69. The van der Waals surface area contributed by atoms with Crippen molar-refractivity contribution in [2.45, 2.75) is 32.7 Å². The van der Waals surface area contributed by atoms with E-state index >= 15 is 4.39 Å². The molecule has 1 aliphatic heterocycles. The Bertz CT molecular complexity index is 1290. The third kappa shape index (κ3) is 3.15. The van der Waals surface area contributed by atoms with Crippen LogP contribution in [0, 0.1) is 11.2 Å². The third-order valence-electron chi connectivity index (χ3n) is 6.55. The maximum absolute atomic E-state index is 15.3. The van der Waals surface area contributed by atoms with Gasteiger partial charge in [-0.05, 0) is 40.3 Å². The normalized spacial score (nSPS) is 19.3. The van der Waals surface area contributed by atoms with Gasteiger partial charge >= 0.3 is 0 Å². The number of hydrogen-bond acceptors (Lipinski definition) is 4. The standard InChI is InChI=1S/C27H26FNO3/c1-27(2)13-18-24-16-8-6-5-7-15(16)9-10-20(24)29-26(25(18)21(30)14-27)17-11-22(31-3)23(32-4)12-19(17)28/h5-12,26,29H,13-14H2,1-4H3/t26-/m0/s1. The Hall–Kier alpha value is -3.34. The van der Waals surface area contributed by atoms with Gasteiger partial charge in [0.05, 0.1) is 20.3 Å². The smallest absolute Gasteiger partial charge is 0.163 e. The molecule has 3 aromatic rings. The van der Waals surface area contributed by atoms with Gasteiger partial charge in [0.25, 0.3) is 0 Å². The number of allylic oxidation sites excluding steroid dienone is 1. The van der Waals surface area contributed by atoms with Crippen molar-refractivity contribution in [1.29, 1.82) is 0 Å². The van der Waals surface area contributed by atoms with Crippen molar-refractivity contribution in [2.24, 2.45) is 5.41 Å². The highest BCUT2D eigenvalue weighted by Gasteiger charge is 2.41. The van der Waals surface area contributed by atoms with Crippen molar-refractivity contribution in [3.8, 4) is 11.5 Å². The number of anilines is 1. The number of carbonyl (C=O) groups excluding carboxylic acids is 1. The van der Waals surface area contributed by atoms with Crippen molar-refractivity contribution in [3.05, 3.63) is 71.0 Å². The molecule has 164 valence electrons. The maximum atomic E-state index is 15.3. The fourth-order valence-corrected chi connectivity index (χ4v) is 5.16. The number of rotatable bonds is 3. The van der Waals surface area contributed by atoms with Crippen molar-refractivity contribution >= 4 is 27.8 Å². The van der Waals surface area contributed by atoms with Gasteiger partial charge in [-0.25, -0.2) is 4.39 Å². The number of Topliss-reactive ketones (excluding diaryl/α,β-unsaturated/α-hetero) is 1. The van der Waals surface area contributed by atoms with E-state index < -0.39 is 11.9 Å². The number of hydrogen-bond donors (Lipinski definition) is 1. The molecule has 0 saturated heterocycles. The van der Waals surface area contributed by atoms with E-state index in [0.717, 1.165) is 34.0 Å². The summed E-state index contributed by atoms with van der Waals surface area (Å²) in [5.41, 5.74) is 3.84. The Morgan fingerprint density at radius 2 is 1.72 bits per heavy atom. The first-order chi connectivity index (χ1) is 15.3. The highest BCUT2D eigenvalue weighted by Crippen LogP contribution is 2.52. The Morgan fingerprint density at radius 1 is 1.00 bits per heavy atom. The van der Waals surface area contributed by atoms with Crippen LogP contribution in [0.3, 0.4) is 0 Å². The van der Waals surface area contributed by atoms with Gasteiger partial charge < -0.3 is 14.8 Å². The highest BCUT2D eigenvalue weighted by atomic mass is 19.1. The summed E-state index contributed by atoms with van der Waals surface area (Å²) in [6.07, 6.45) is 1.18. The average Bonchev–Trinajstić information content (AvgIpc) is 2.77. The molecule has 4 nitrogen and oxygen atoms in total. The largest absolute Gasteiger partial charge is 0.493 e. The van der Waals surface area contributed by atoms with Crippen molar-refractivity contribution in [2.75, 3.05) is 19.5 Å². The summed E-state index contributed by atoms with van der Waals surface area (Å²) in [7, 11) is 3.00. The Labute approximate surface area is 187 Å². The number of ketones is 1. The van der Waals surface area contributed by atoms with Crippen LogP contribution >= 0.6 is 0 Å². The Balaban J connectivity index is 1.79. The van der Waals surface area contributed by atoms with E-state index in [1.165, 1.54) is 20.3 Å². The molecule has 0 fully saturated rings. The summed E-state index contributed by atoms with van der Waals surface area (Å²) in [6.45, 7) is 4.24. The topological polar surface area (TPSA) is 47.6 Å². The van der Waals surface area contributed by atoms with Crippen LogP contribution in [0.1, 0.15) is 43.9 Å². The van der Waals surface area contributed by atoms with Gasteiger partial charge in [0.1, 0.15) is 5.82 Å². The minimum Gasteiger partial charge on any atom is -0.493 e. The van der Waals surface area contributed by atoms with Gasteiger partial charge in [0, 0.05) is 34.9 Å². The van der Waals surface area contributed by atoms with Gasteiger partial charge in [-0.2, -0.15) is 0 Å². The van der Waals surface area contributed by atoms with Crippen LogP contribution in [0.15, 0.2) is 54.1 Å². The molecule has 0 aromatic heterocycles. The maximum Gasteiger partial charge on any atom is 0.163 e. The van der Waals surface area contributed by atoms with Gasteiger partial charge in [0.15, 0.2) is 17.3 Å². The number of carbonyl (C=O) groups is 1. The molecule has 32 heavy (non-hydrogen) atoms. The molecule has 5 heteroatoms. The molecule has 5 rings (SSSR count). The molecule has 0 amide bonds. The molecule has 1 atom stereocenters. The minimum atomic E-state index is -0.595. The molecule has 2 aliphatic rings. The van der Waals surface area contributed by atoms with Crippen LogP contribution in [-0.2, 0) is 4.79 Å². The fourth-order valence-electron chi connectivity index (χ4n) is 5.16. The SMILES string of the molecule is COc1cc(F)c([C@@H]2Nc3ccc4ccccc4c3C3=C2C(=O)CC(C)(C)C3)cc1OC. The molecule has 1 aliphatic carbocycles. The first-order valence-corrected chi connectivity index (χ1v) is 10.8. The molecular weight excluding hydrogens is 405 g/mol. The van der Waals surface area contributed by atoms with E-state index in [4.69, 9.17) is 9.47 Å². The lowest BCUT2D eigenvalue weighted by Crippen LogP contribution is -2.33. The second-order valence-electron chi connectivity index (χ2n) is 9.35. The third-order valence-corrected chi connectivity index (χ3v) is 6.55. The number of halogens is 1. The van der Waals surface area contributed by atoms with Crippen LogP contribution in [0.5, 0.6) is 11.5 Å². The zero-order valence-electron chi connectivity index (χ0n) is 18.7. The summed E-state index contributed by atoms with van der Waals surface area (Å²) in [4.78, 5) is 13.5. The van der Waals surface area contributed by atoms with E-state index in [1.807, 2.05) is 18.2 Å². The molecule has 0 radical (unpaired) electrons. The van der Waals surface area contributed by atoms with Crippen LogP contribution in [-0.4, -0.2) is 20.0 Å². The first kappa shape index (κ1) is 20.6. The van der Waals surface area contributed by atoms with Gasteiger partial charge in [-0.3, -0.25) is 4.79 Å². The summed E-state index contributed by atoms with van der Waals surface area (Å²) >= 11 is 0. The van der Waals surface area contributed by atoms with Crippen molar-refractivity contribution in [3.63, 3.8) is 0 Å². The molecule has 3 aromatic carbocycles. The molecule has 1 N–H and O–H groups in total. The van der Waals surface area contributed by atoms with Crippen LogP contribution in [0.25, 0.3) is 16.3 Å². The molecule has 0 saturated carbocycles. The van der Waals surface area contributed by atoms with Gasteiger partial charge in [-0.1, -0.05) is 44.2 Å². The van der Waals surface area contributed by atoms with Crippen LogP contribution < -0.4 is 14.8 Å². The summed E-state index contributed by atoms with van der Waals surface area (Å²) in [5.74, 6) is 0.373. The van der Waals surface area contributed by atoms with Crippen LogP contribution in [0.2, 0.25) is 0 Å². The van der Waals surface area contributed by atoms with E-state index in [1.54, 1.807) is 6.07 Å². The fraction of sp³-hybridized carbons (Fsp3) is 0.296. The van der Waals surface area contributed by atoms with Crippen molar-refractivity contribution in [1.82, 2.24) is 0 Å². The Kier molecular flexibility index (Phi) is 4.73. The molecule has 0 unspecified atom stereocenters. The average molecular weight is 432 g/mol. The second-order valence-corrected chi connectivity index (χ2v) is 9.35. The molecule has 1 heterocycles. The zero-order chi connectivity index (χ0) is 22.6. The zero-order valence-corrected chi connectivity index (χ0v) is 18.7. The number of fused-ring (bicyclic) bond motifs is 4. The van der Waals surface area contributed by atoms with Gasteiger partial charge in [-0.15, -0.1) is 0 Å². The summed E-state index contributed by atoms with van der Waals surface area (Å²) < 4.78 is 26.0. The predicted molar refractivity (Wildman–Crippen MR) is 125 cm³/mol. The number of ether oxygens (including phenoxy) is 2. The predicted octanol–water partition coefficient (Wildman–Crippen LogP) is 6.31. The molecule has 0 spiro atoms. The van der Waals surface area contributed by atoms with E-state index in [9.17, 15) is 4.79 Å². The Morgan fingerprint density at radius 3 is 2.47 bits per heavy atom. The van der Waals surface area contributed by atoms with Crippen molar-refractivity contribution < 1.29 is 18.7 Å². The van der Waals surface area contributed by atoms with E-state index in [0.29, 0.717) is 29.1 Å². The number of benzene rings is 3. The lowest BCUT2D eigenvalue weighted by Gasteiger charge is -2.40. The molecular formula is C27H26FNO3. The van der Waals surface area contributed by atoms with Gasteiger partial charge in [0.2, 0.25) is 0 Å². The van der Waals surface area contributed by atoms with E-state index in [-0.39, 0.29) is 11.2 Å². The first-order valence-electron chi connectivity index (χ1n) is 10.8. The summed E-state index contributed by atoms with van der Waals surface area (Å²) in [6, 6.07) is 14.6. The second kappa shape index (κ2) is 7.37.